The molecular formula is C17H35N. The first kappa shape index (κ1) is 16.0. The zero-order chi connectivity index (χ0) is 13.2. The summed E-state index contributed by atoms with van der Waals surface area (Å²) in [7, 11) is 0. The minimum atomic E-state index is 0.807. The van der Waals surface area contributed by atoms with Gasteiger partial charge in [-0.3, -0.25) is 0 Å². The van der Waals surface area contributed by atoms with E-state index >= 15 is 0 Å². The largest absolute Gasteiger partial charge is 0.314 e. The molecule has 18 heavy (non-hydrogen) atoms. The first-order valence-electron chi connectivity index (χ1n) is 8.47. The highest BCUT2D eigenvalue weighted by Crippen LogP contribution is 2.28. The Labute approximate surface area is 115 Å². The lowest BCUT2D eigenvalue weighted by atomic mass is 9.80. The molecule has 0 heterocycles. The summed E-state index contributed by atoms with van der Waals surface area (Å²) in [6, 6.07) is 0.807. The van der Waals surface area contributed by atoms with Crippen LogP contribution in [0.25, 0.3) is 0 Å². The van der Waals surface area contributed by atoms with E-state index in [2.05, 4.69) is 26.1 Å². The van der Waals surface area contributed by atoms with Crippen LogP contribution >= 0.6 is 0 Å². The van der Waals surface area contributed by atoms with Gasteiger partial charge in [0.15, 0.2) is 0 Å². The van der Waals surface area contributed by atoms with Crippen molar-refractivity contribution in [2.45, 2.75) is 91.0 Å². The standard InChI is InChI=1S/C17H35N/c1-4-5-6-7-8-9-10-13-18-17-12-11-15(2)14-16(17)3/h15-18H,4-14H2,1-3H3. The quantitative estimate of drug-likeness (QED) is 0.560. The van der Waals surface area contributed by atoms with E-state index in [0.717, 1.165) is 17.9 Å². The third kappa shape index (κ3) is 6.78. The lowest BCUT2D eigenvalue weighted by Gasteiger charge is -2.33. The molecule has 3 unspecified atom stereocenters. The van der Waals surface area contributed by atoms with Crippen LogP contribution in [0.15, 0.2) is 0 Å². The van der Waals surface area contributed by atoms with E-state index in [-0.39, 0.29) is 0 Å². The molecule has 0 spiro atoms. The van der Waals surface area contributed by atoms with Crippen molar-refractivity contribution < 1.29 is 0 Å². The number of rotatable bonds is 9. The van der Waals surface area contributed by atoms with Crippen molar-refractivity contribution in [1.29, 1.82) is 0 Å². The van der Waals surface area contributed by atoms with Crippen LogP contribution in [-0.2, 0) is 0 Å². The zero-order valence-corrected chi connectivity index (χ0v) is 13.0. The van der Waals surface area contributed by atoms with E-state index in [1.807, 2.05) is 0 Å². The van der Waals surface area contributed by atoms with E-state index in [1.165, 1.54) is 70.8 Å². The van der Waals surface area contributed by atoms with Gasteiger partial charge in [0.05, 0.1) is 0 Å². The van der Waals surface area contributed by atoms with Gasteiger partial charge in [-0.1, -0.05) is 59.3 Å². The van der Waals surface area contributed by atoms with Gasteiger partial charge < -0.3 is 5.32 Å². The third-order valence-electron chi connectivity index (χ3n) is 4.62. The Morgan fingerprint density at radius 2 is 1.56 bits per heavy atom. The Hall–Kier alpha value is -0.0400. The molecule has 0 aliphatic heterocycles. The van der Waals surface area contributed by atoms with Crippen LogP contribution in [0.2, 0.25) is 0 Å². The molecule has 0 aromatic carbocycles. The van der Waals surface area contributed by atoms with Crippen molar-refractivity contribution in [3.05, 3.63) is 0 Å². The average Bonchev–Trinajstić information content (AvgIpc) is 2.35. The number of hydrogen-bond acceptors (Lipinski definition) is 1. The Bertz CT molecular complexity index is 190. The number of unbranched alkanes of at least 4 members (excludes halogenated alkanes) is 6. The van der Waals surface area contributed by atoms with Gasteiger partial charge in [0.25, 0.3) is 0 Å². The van der Waals surface area contributed by atoms with Crippen LogP contribution in [0, 0.1) is 11.8 Å². The summed E-state index contributed by atoms with van der Waals surface area (Å²) in [5, 5.41) is 3.79. The fraction of sp³-hybridized carbons (Fsp3) is 1.00. The van der Waals surface area contributed by atoms with Crippen LogP contribution in [-0.4, -0.2) is 12.6 Å². The van der Waals surface area contributed by atoms with E-state index in [4.69, 9.17) is 0 Å². The van der Waals surface area contributed by atoms with E-state index < -0.39 is 0 Å². The zero-order valence-electron chi connectivity index (χ0n) is 13.0. The van der Waals surface area contributed by atoms with Crippen LogP contribution in [0.3, 0.4) is 0 Å². The molecule has 1 heteroatoms. The first-order chi connectivity index (χ1) is 8.74. The summed E-state index contributed by atoms with van der Waals surface area (Å²) < 4.78 is 0. The topological polar surface area (TPSA) is 12.0 Å². The Kier molecular flexibility index (Phi) is 8.75. The van der Waals surface area contributed by atoms with Crippen molar-refractivity contribution in [3.63, 3.8) is 0 Å². The lowest BCUT2D eigenvalue weighted by molar-refractivity contribution is 0.228. The molecule has 0 bridgehead atoms. The van der Waals surface area contributed by atoms with Crippen molar-refractivity contribution >= 4 is 0 Å². The molecular weight excluding hydrogens is 218 g/mol. The van der Waals surface area contributed by atoms with Crippen LogP contribution in [0.4, 0.5) is 0 Å². The smallest absolute Gasteiger partial charge is 0.00928 e. The highest BCUT2D eigenvalue weighted by Gasteiger charge is 2.24. The molecule has 1 saturated carbocycles. The van der Waals surface area contributed by atoms with Gasteiger partial charge in [0, 0.05) is 6.04 Å². The molecule has 0 aromatic heterocycles. The van der Waals surface area contributed by atoms with Crippen LogP contribution < -0.4 is 5.32 Å². The molecule has 1 rings (SSSR count). The number of hydrogen-bond donors (Lipinski definition) is 1. The predicted octanol–water partition coefficient (Wildman–Crippen LogP) is 5.15. The Balaban J connectivity index is 1.91. The second kappa shape index (κ2) is 9.83. The van der Waals surface area contributed by atoms with Crippen LogP contribution in [0.1, 0.15) is 85.0 Å². The van der Waals surface area contributed by atoms with Gasteiger partial charge in [-0.2, -0.15) is 0 Å². The highest BCUT2D eigenvalue weighted by molar-refractivity contribution is 4.80. The van der Waals surface area contributed by atoms with E-state index in [9.17, 15) is 0 Å². The molecule has 0 radical (unpaired) electrons. The monoisotopic (exact) mass is 253 g/mol. The summed E-state index contributed by atoms with van der Waals surface area (Å²) in [4.78, 5) is 0. The summed E-state index contributed by atoms with van der Waals surface area (Å²) >= 11 is 0. The minimum Gasteiger partial charge on any atom is -0.314 e. The van der Waals surface area contributed by atoms with Crippen molar-refractivity contribution in [3.8, 4) is 0 Å². The summed E-state index contributed by atoms with van der Waals surface area (Å²) in [5.41, 5.74) is 0. The maximum atomic E-state index is 3.79. The second-order valence-corrected chi connectivity index (χ2v) is 6.58. The van der Waals surface area contributed by atoms with Gasteiger partial charge in [0.2, 0.25) is 0 Å². The van der Waals surface area contributed by atoms with E-state index in [1.54, 1.807) is 0 Å². The van der Waals surface area contributed by atoms with Gasteiger partial charge in [-0.05, 0) is 44.1 Å². The van der Waals surface area contributed by atoms with Crippen molar-refractivity contribution in [1.82, 2.24) is 5.32 Å². The normalized spacial score (nSPS) is 28.5. The predicted molar refractivity (Wildman–Crippen MR) is 82.0 cm³/mol. The summed E-state index contributed by atoms with van der Waals surface area (Å²) in [6.07, 6.45) is 14.2. The fourth-order valence-corrected chi connectivity index (χ4v) is 3.34. The minimum absolute atomic E-state index is 0.807. The van der Waals surface area contributed by atoms with Crippen LogP contribution in [0.5, 0.6) is 0 Å². The van der Waals surface area contributed by atoms with Gasteiger partial charge in [-0.15, -0.1) is 0 Å². The van der Waals surface area contributed by atoms with Gasteiger partial charge in [0.1, 0.15) is 0 Å². The molecule has 1 aliphatic rings. The summed E-state index contributed by atoms with van der Waals surface area (Å²) in [5.74, 6) is 1.84. The molecule has 3 atom stereocenters. The SMILES string of the molecule is CCCCCCCCCNC1CCC(C)CC1C. The first-order valence-corrected chi connectivity index (χ1v) is 8.47. The Morgan fingerprint density at radius 3 is 2.22 bits per heavy atom. The molecule has 108 valence electrons. The molecule has 1 fully saturated rings. The molecule has 0 amide bonds. The van der Waals surface area contributed by atoms with E-state index in [0.29, 0.717) is 0 Å². The maximum absolute atomic E-state index is 3.79. The van der Waals surface area contributed by atoms with Crippen molar-refractivity contribution in [2.75, 3.05) is 6.54 Å². The second-order valence-electron chi connectivity index (χ2n) is 6.58. The molecule has 1 aliphatic carbocycles. The highest BCUT2D eigenvalue weighted by atomic mass is 14.9. The van der Waals surface area contributed by atoms with Crippen molar-refractivity contribution in [2.24, 2.45) is 11.8 Å². The van der Waals surface area contributed by atoms with Gasteiger partial charge >= 0.3 is 0 Å². The maximum Gasteiger partial charge on any atom is 0.00928 e. The Morgan fingerprint density at radius 1 is 0.889 bits per heavy atom. The molecule has 0 saturated heterocycles. The number of nitrogens with one attached hydrogen (secondary N) is 1. The summed E-state index contributed by atoms with van der Waals surface area (Å²) in [6.45, 7) is 8.37. The molecule has 1 nitrogen and oxygen atoms in total. The molecule has 1 N–H and O–H groups in total. The molecule has 0 aromatic rings. The average molecular weight is 253 g/mol. The van der Waals surface area contributed by atoms with Gasteiger partial charge in [-0.25, -0.2) is 0 Å². The lowest BCUT2D eigenvalue weighted by Crippen LogP contribution is -2.39. The third-order valence-corrected chi connectivity index (χ3v) is 4.62. The fourth-order valence-electron chi connectivity index (χ4n) is 3.34.